The SMILES string of the molecule is CN1CCC[C@@H]1Cc1c[nH]c2ccc([C@@]3(O)CCN4CCC[C@H]4C3)cc12. The second-order valence-corrected chi connectivity index (χ2v) is 8.87. The number of likely N-dealkylation sites (tertiary alicyclic amines) is 1. The van der Waals surface area contributed by atoms with Crippen molar-refractivity contribution >= 4 is 10.9 Å². The summed E-state index contributed by atoms with van der Waals surface area (Å²) in [4.78, 5) is 8.51. The summed E-state index contributed by atoms with van der Waals surface area (Å²) in [7, 11) is 2.25. The van der Waals surface area contributed by atoms with Crippen LogP contribution in [0.25, 0.3) is 10.9 Å². The summed E-state index contributed by atoms with van der Waals surface area (Å²) in [6.45, 7) is 3.47. The molecule has 3 atom stereocenters. The summed E-state index contributed by atoms with van der Waals surface area (Å²) in [5.74, 6) is 0. The molecule has 3 aliphatic rings. The Balaban J connectivity index is 1.44. The van der Waals surface area contributed by atoms with E-state index in [9.17, 15) is 5.11 Å². The highest BCUT2D eigenvalue weighted by atomic mass is 16.3. The molecule has 0 radical (unpaired) electrons. The number of likely N-dealkylation sites (N-methyl/N-ethyl adjacent to an activating group) is 1. The van der Waals surface area contributed by atoms with Gasteiger partial charge in [0.25, 0.3) is 0 Å². The van der Waals surface area contributed by atoms with Crippen LogP contribution < -0.4 is 0 Å². The minimum atomic E-state index is -0.654. The number of aliphatic hydroxyl groups is 1. The zero-order chi connectivity index (χ0) is 17.7. The van der Waals surface area contributed by atoms with Crippen LogP contribution in [0.3, 0.4) is 0 Å². The number of rotatable bonds is 3. The van der Waals surface area contributed by atoms with Gasteiger partial charge < -0.3 is 19.9 Å². The Labute approximate surface area is 156 Å². The van der Waals surface area contributed by atoms with Gasteiger partial charge in [0.2, 0.25) is 0 Å². The van der Waals surface area contributed by atoms with Gasteiger partial charge in [-0.15, -0.1) is 0 Å². The lowest BCUT2D eigenvalue weighted by atomic mass is 9.80. The Bertz CT molecular complexity index is 800. The van der Waals surface area contributed by atoms with Crippen LogP contribution in [0.4, 0.5) is 0 Å². The molecule has 140 valence electrons. The number of benzene rings is 1. The van der Waals surface area contributed by atoms with Crippen LogP contribution in [-0.2, 0) is 12.0 Å². The van der Waals surface area contributed by atoms with Crippen molar-refractivity contribution < 1.29 is 5.11 Å². The smallest absolute Gasteiger partial charge is 0.0923 e. The van der Waals surface area contributed by atoms with E-state index in [1.807, 2.05) is 0 Å². The van der Waals surface area contributed by atoms with Crippen molar-refractivity contribution in [3.63, 3.8) is 0 Å². The average Bonchev–Trinajstić information content (AvgIpc) is 3.36. The lowest BCUT2D eigenvalue weighted by Gasteiger charge is -2.41. The van der Waals surface area contributed by atoms with Crippen molar-refractivity contribution in [2.45, 2.75) is 62.6 Å². The van der Waals surface area contributed by atoms with Gasteiger partial charge in [-0.05, 0) is 88.3 Å². The van der Waals surface area contributed by atoms with Crippen LogP contribution in [-0.4, -0.2) is 58.7 Å². The maximum atomic E-state index is 11.5. The Morgan fingerprint density at radius 1 is 1.19 bits per heavy atom. The highest BCUT2D eigenvalue weighted by Crippen LogP contribution is 2.40. The van der Waals surface area contributed by atoms with Gasteiger partial charge >= 0.3 is 0 Å². The van der Waals surface area contributed by atoms with E-state index in [0.29, 0.717) is 12.1 Å². The van der Waals surface area contributed by atoms with E-state index in [2.05, 4.69) is 46.2 Å². The Morgan fingerprint density at radius 3 is 2.92 bits per heavy atom. The molecule has 4 heterocycles. The van der Waals surface area contributed by atoms with E-state index in [-0.39, 0.29) is 0 Å². The molecule has 4 heteroatoms. The van der Waals surface area contributed by atoms with E-state index >= 15 is 0 Å². The average molecular weight is 354 g/mol. The molecule has 3 aliphatic heterocycles. The normalized spacial score (nSPS) is 33.2. The van der Waals surface area contributed by atoms with Gasteiger partial charge in [0.15, 0.2) is 0 Å². The van der Waals surface area contributed by atoms with Crippen molar-refractivity contribution in [1.82, 2.24) is 14.8 Å². The first-order valence-corrected chi connectivity index (χ1v) is 10.4. The highest BCUT2D eigenvalue weighted by molar-refractivity contribution is 5.84. The molecule has 26 heavy (non-hydrogen) atoms. The molecule has 4 nitrogen and oxygen atoms in total. The van der Waals surface area contributed by atoms with E-state index in [0.717, 1.165) is 31.4 Å². The summed E-state index contributed by atoms with van der Waals surface area (Å²) in [6, 6.07) is 7.83. The van der Waals surface area contributed by atoms with Crippen LogP contribution in [0.15, 0.2) is 24.4 Å². The van der Waals surface area contributed by atoms with Gasteiger partial charge in [-0.2, -0.15) is 0 Å². The summed E-state index contributed by atoms with van der Waals surface area (Å²) in [6.07, 6.45) is 10.2. The molecule has 0 bridgehead atoms. The van der Waals surface area contributed by atoms with E-state index in [4.69, 9.17) is 0 Å². The minimum absolute atomic E-state index is 0.572. The molecule has 0 saturated carbocycles. The van der Waals surface area contributed by atoms with Gasteiger partial charge in [0.1, 0.15) is 0 Å². The van der Waals surface area contributed by atoms with Crippen molar-refractivity contribution in [1.29, 1.82) is 0 Å². The minimum Gasteiger partial charge on any atom is -0.385 e. The summed E-state index contributed by atoms with van der Waals surface area (Å²) in [5, 5.41) is 12.8. The van der Waals surface area contributed by atoms with Gasteiger partial charge in [0, 0.05) is 35.7 Å². The molecule has 1 aromatic carbocycles. The van der Waals surface area contributed by atoms with E-state index in [1.165, 1.54) is 55.2 Å². The number of piperidine rings is 1. The molecule has 3 fully saturated rings. The number of nitrogens with one attached hydrogen (secondary N) is 1. The fraction of sp³-hybridized carbons (Fsp3) is 0.636. The zero-order valence-electron chi connectivity index (χ0n) is 15.9. The molecule has 1 aromatic heterocycles. The number of aromatic nitrogens is 1. The third-order valence-electron chi connectivity index (χ3n) is 7.32. The van der Waals surface area contributed by atoms with Crippen LogP contribution in [0.2, 0.25) is 0 Å². The maximum Gasteiger partial charge on any atom is 0.0923 e. The molecular weight excluding hydrogens is 322 g/mol. The van der Waals surface area contributed by atoms with Crippen molar-refractivity contribution in [2.24, 2.45) is 0 Å². The first kappa shape index (κ1) is 16.8. The molecule has 0 aliphatic carbocycles. The zero-order valence-corrected chi connectivity index (χ0v) is 15.9. The van der Waals surface area contributed by atoms with E-state index < -0.39 is 5.60 Å². The molecule has 0 amide bonds. The predicted molar refractivity (Wildman–Crippen MR) is 105 cm³/mol. The van der Waals surface area contributed by atoms with Crippen LogP contribution >= 0.6 is 0 Å². The second-order valence-electron chi connectivity index (χ2n) is 8.87. The number of aromatic amines is 1. The molecule has 0 unspecified atom stereocenters. The number of nitrogens with zero attached hydrogens (tertiary/aromatic N) is 2. The van der Waals surface area contributed by atoms with Crippen molar-refractivity contribution in [3.8, 4) is 0 Å². The molecule has 2 aromatic rings. The standard InChI is InChI=1S/C22H31N3O/c1-24-9-2-4-18(24)12-16-15-23-21-7-6-17(13-20(16)21)22(26)8-11-25-10-3-5-19(25)14-22/h6-7,13,15,18-19,23,26H,2-5,8-12,14H2,1H3/t18-,19+,22-/m1/s1. The Kier molecular flexibility index (Phi) is 4.11. The largest absolute Gasteiger partial charge is 0.385 e. The van der Waals surface area contributed by atoms with Crippen LogP contribution in [0.1, 0.15) is 49.7 Å². The van der Waals surface area contributed by atoms with Gasteiger partial charge in [-0.1, -0.05) is 6.07 Å². The molecule has 3 saturated heterocycles. The van der Waals surface area contributed by atoms with Gasteiger partial charge in [-0.3, -0.25) is 0 Å². The molecular formula is C22H31N3O. The fourth-order valence-corrected chi connectivity index (χ4v) is 5.63. The third kappa shape index (κ3) is 2.79. The van der Waals surface area contributed by atoms with Gasteiger partial charge in [-0.25, -0.2) is 0 Å². The summed E-state index contributed by atoms with van der Waals surface area (Å²) < 4.78 is 0. The highest BCUT2D eigenvalue weighted by Gasteiger charge is 2.41. The fourth-order valence-electron chi connectivity index (χ4n) is 5.63. The van der Waals surface area contributed by atoms with E-state index in [1.54, 1.807) is 0 Å². The lowest BCUT2D eigenvalue weighted by Crippen LogP contribution is -2.45. The monoisotopic (exact) mass is 353 g/mol. The Hall–Kier alpha value is -1.36. The number of H-pyrrole nitrogens is 1. The lowest BCUT2D eigenvalue weighted by molar-refractivity contribution is -0.0408. The molecule has 2 N–H and O–H groups in total. The Morgan fingerprint density at radius 2 is 2.08 bits per heavy atom. The topological polar surface area (TPSA) is 42.5 Å². The van der Waals surface area contributed by atoms with Gasteiger partial charge in [0.05, 0.1) is 5.60 Å². The van der Waals surface area contributed by atoms with Crippen LogP contribution in [0.5, 0.6) is 0 Å². The second kappa shape index (κ2) is 6.36. The quantitative estimate of drug-likeness (QED) is 0.890. The number of fused-ring (bicyclic) bond motifs is 2. The number of hydrogen-bond donors (Lipinski definition) is 2. The predicted octanol–water partition coefficient (Wildman–Crippen LogP) is 3.25. The summed E-state index contributed by atoms with van der Waals surface area (Å²) >= 11 is 0. The number of hydrogen-bond acceptors (Lipinski definition) is 3. The molecule has 5 rings (SSSR count). The van der Waals surface area contributed by atoms with Crippen molar-refractivity contribution in [2.75, 3.05) is 26.7 Å². The maximum absolute atomic E-state index is 11.5. The molecule has 0 spiro atoms. The summed E-state index contributed by atoms with van der Waals surface area (Å²) in [5.41, 5.74) is 3.07. The first-order valence-electron chi connectivity index (χ1n) is 10.4. The first-order chi connectivity index (χ1) is 12.6. The van der Waals surface area contributed by atoms with Crippen LogP contribution in [0, 0.1) is 0 Å². The third-order valence-corrected chi connectivity index (χ3v) is 7.32. The van der Waals surface area contributed by atoms with Crippen molar-refractivity contribution in [3.05, 3.63) is 35.5 Å².